The van der Waals surface area contributed by atoms with Gasteiger partial charge in [0.15, 0.2) is 16.2 Å². The summed E-state index contributed by atoms with van der Waals surface area (Å²) in [6.07, 6.45) is 3.74. The number of hydrogen-bond donors (Lipinski definition) is 2. The Hall–Kier alpha value is -2.95. The van der Waals surface area contributed by atoms with Crippen LogP contribution in [-0.4, -0.2) is 68.2 Å². The molecule has 0 saturated carbocycles. The molecule has 2 N–H and O–H groups in total. The van der Waals surface area contributed by atoms with E-state index in [2.05, 4.69) is 77.5 Å². The number of amides is 2. The van der Waals surface area contributed by atoms with Gasteiger partial charge >= 0.3 is 6.09 Å². The molecule has 10 heteroatoms. The molecule has 294 valence electrons. The van der Waals surface area contributed by atoms with Crippen LogP contribution in [0.25, 0.3) is 0 Å². The Balaban J connectivity index is 2.51. The Morgan fingerprint density at radius 1 is 0.827 bits per heavy atom. The normalized spacial score (nSPS) is 15.1. The van der Waals surface area contributed by atoms with Gasteiger partial charge in [-0.25, -0.2) is 4.79 Å². The third kappa shape index (κ3) is 16.4. The van der Waals surface area contributed by atoms with Crippen LogP contribution < -0.4 is 20.1 Å². The smallest absolute Gasteiger partial charge is 0.407 e. The maximum Gasteiger partial charge on any atom is 0.407 e. The van der Waals surface area contributed by atoms with Crippen molar-refractivity contribution in [3.63, 3.8) is 0 Å². The monoisotopic (exact) mass is 745 g/mol. The molecule has 0 aromatic heterocycles. The first-order chi connectivity index (χ1) is 24.3. The second-order valence-corrected chi connectivity index (χ2v) is 18.7. The Bertz CT molecular complexity index is 1340. The summed E-state index contributed by atoms with van der Waals surface area (Å²) in [6.45, 7) is 22.2. The van der Waals surface area contributed by atoms with Crippen LogP contribution in [0.3, 0.4) is 0 Å². The number of benzene rings is 2. The van der Waals surface area contributed by atoms with Gasteiger partial charge in [0, 0.05) is 32.6 Å². The Morgan fingerprint density at radius 2 is 1.50 bits per heavy atom. The molecule has 0 saturated heterocycles. The van der Waals surface area contributed by atoms with Gasteiger partial charge in [0.05, 0.1) is 19.8 Å². The van der Waals surface area contributed by atoms with Gasteiger partial charge in [0.2, 0.25) is 5.91 Å². The van der Waals surface area contributed by atoms with Crippen molar-refractivity contribution in [1.29, 1.82) is 0 Å². The van der Waals surface area contributed by atoms with E-state index in [4.69, 9.17) is 23.1 Å². The van der Waals surface area contributed by atoms with Crippen LogP contribution in [-0.2, 0) is 42.6 Å². The summed E-state index contributed by atoms with van der Waals surface area (Å²) in [7, 11) is 3.33. The van der Waals surface area contributed by atoms with E-state index in [1.165, 1.54) is 0 Å². The van der Waals surface area contributed by atoms with E-state index in [0.29, 0.717) is 44.1 Å². The third-order valence-corrected chi connectivity index (χ3v) is 11.5. The van der Waals surface area contributed by atoms with E-state index < -0.39 is 35.0 Å². The van der Waals surface area contributed by atoms with E-state index in [0.717, 1.165) is 24.0 Å². The van der Waals surface area contributed by atoms with Gasteiger partial charge in [-0.3, -0.25) is 4.79 Å². The summed E-state index contributed by atoms with van der Waals surface area (Å²) < 4.78 is 29.6. The Morgan fingerprint density at radius 3 is 2.06 bits per heavy atom. The van der Waals surface area contributed by atoms with Crippen molar-refractivity contribution >= 4 is 23.2 Å². The van der Waals surface area contributed by atoms with Gasteiger partial charge in [0.1, 0.15) is 29.1 Å². The fourth-order valence-corrected chi connectivity index (χ4v) is 6.65. The number of carbonyl (C=O) groups excluding carboxylic acids is 2. The molecule has 0 bridgehead atoms. The highest BCUT2D eigenvalue weighted by Crippen LogP contribution is 2.34. The third-order valence-electron chi connectivity index (χ3n) is 9.19. The minimum Gasteiger partial charge on any atom is -0.493 e. The highest BCUT2D eigenvalue weighted by atomic mass is 32.2. The zero-order valence-corrected chi connectivity index (χ0v) is 35.1. The van der Waals surface area contributed by atoms with Crippen molar-refractivity contribution in [3.05, 3.63) is 59.7 Å². The second kappa shape index (κ2) is 21.7. The highest BCUT2D eigenvalue weighted by molar-refractivity contribution is 7.93. The van der Waals surface area contributed by atoms with Crippen molar-refractivity contribution in [2.75, 3.05) is 33.7 Å². The molecule has 2 amide bonds. The zero-order valence-electron chi connectivity index (χ0n) is 34.3. The van der Waals surface area contributed by atoms with Crippen molar-refractivity contribution in [1.82, 2.24) is 10.6 Å². The van der Waals surface area contributed by atoms with E-state index in [1.54, 1.807) is 14.2 Å². The minimum atomic E-state index is -0.677. The molecule has 2 rings (SSSR count). The van der Waals surface area contributed by atoms with Crippen LogP contribution in [0.5, 0.6) is 11.5 Å². The number of rotatable bonds is 21. The molecular formula is C42H69N2O7S+. The number of ether oxygens (including phenoxy) is 4. The topological polar surface area (TPSA) is 104 Å². The van der Waals surface area contributed by atoms with Crippen LogP contribution in [0.2, 0.25) is 0 Å². The van der Waals surface area contributed by atoms with Gasteiger partial charge in [-0.15, -0.1) is 0 Å². The summed E-state index contributed by atoms with van der Waals surface area (Å²) >= 11 is -0.487. The van der Waals surface area contributed by atoms with Crippen LogP contribution in [0.1, 0.15) is 99.6 Å². The van der Waals surface area contributed by atoms with Crippen molar-refractivity contribution in [2.24, 2.45) is 23.7 Å². The molecule has 9 nitrogen and oxygen atoms in total. The number of nitrogens with one attached hydrogen (secondary N) is 2. The fraction of sp³-hybridized carbons (Fsp3) is 0.667. The van der Waals surface area contributed by atoms with Crippen LogP contribution >= 0.6 is 0 Å². The van der Waals surface area contributed by atoms with E-state index in [1.807, 2.05) is 57.2 Å². The lowest BCUT2D eigenvalue weighted by atomic mass is 9.80. The van der Waals surface area contributed by atoms with Crippen molar-refractivity contribution in [3.8, 4) is 11.5 Å². The predicted octanol–water partition coefficient (Wildman–Crippen LogP) is 8.53. The molecule has 52 heavy (non-hydrogen) atoms. The average Bonchev–Trinajstić information content (AvgIpc) is 3.05. The first-order valence-electron chi connectivity index (χ1n) is 18.8. The molecule has 0 spiro atoms. The molecule has 0 aliphatic heterocycles. The van der Waals surface area contributed by atoms with Crippen LogP contribution in [0.15, 0.2) is 48.5 Å². The molecule has 0 radical (unpaired) electrons. The molecule has 0 aliphatic rings. The van der Waals surface area contributed by atoms with E-state index >= 15 is 0 Å². The quantitative estimate of drug-likeness (QED) is 0.0976. The number of carbonyl (C=O) groups is 2. The molecule has 2 aromatic rings. The van der Waals surface area contributed by atoms with Gasteiger partial charge in [0.25, 0.3) is 0 Å². The number of methoxy groups -OCH3 is 2. The largest absolute Gasteiger partial charge is 0.493 e. The molecule has 0 aliphatic carbocycles. The molecule has 0 heterocycles. The van der Waals surface area contributed by atoms with Crippen LogP contribution in [0.4, 0.5) is 4.79 Å². The second-order valence-electron chi connectivity index (χ2n) is 16.4. The highest BCUT2D eigenvalue weighted by Gasteiger charge is 2.42. The van der Waals surface area contributed by atoms with Gasteiger partial charge in [-0.05, 0) is 102 Å². The first-order valence-corrected chi connectivity index (χ1v) is 20.3. The molecular weight excluding hydrogens is 677 g/mol. The lowest BCUT2D eigenvalue weighted by Gasteiger charge is -2.35. The summed E-state index contributed by atoms with van der Waals surface area (Å²) in [6, 6.07) is 15.6. The fourth-order valence-electron chi connectivity index (χ4n) is 5.78. The summed E-state index contributed by atoms with van der Waals surface area (Å²) in [5, 5.41) is 6.42. The molecule has 2 aromatic carbocycles. The molecule has 1 unspecified atom stereocenters. The number of alkyl carbamates (subject to hydrolysis) is 1. The van der Waals surface area contributed by atoms with Crippen molar-refractivity contribution < 1.29 is 32.7 Å². The lowest BCUT2D eigenvalue weighted by Crippen LogP contribution is -2.51. The zero-order chi connectivity index (χ0) is 39.1. The SMILES string of the molecule is COCCCOc1cc(C[C@@H](C[C@H](NC(=O)OC(C)(C)C)[C@H](C[C@H](C(=O)NCc2ccccc2)C(C)C)O[S+](C)C(C)(C)C)C(C)C)ccc1OC. The Labute approximate surface area is 318 Å². The van der Waals surface area contributed by atoms with Crippen molar-refractivity contribution in [2.45, 2.75) is 124 Å². The van der Waals surface area contributed by atoms with E-state index in [-0.39, 0.29) is 34.3 Å². The summed E-state index contributed by atoms with van der Waals surface area (Å²) in [5.74, 6) is 1.48. The minimum absolute atomic E-state index is 0.0214. The van der Waals surface area contributed by atoms with Gasteiger partial charge < -0.3 is 29.6 Å². The predicted molar refractivity (Wildman–Crippen MR) is 214 cm³/mol. The Kier molecular flexibility index (Phi) is 18.8. The van der Waals surface area contributed by atoms with E-state index in [9.17, 15) is 9.59 Å². The molecule has 0 fully saturated rings. The average molecular weight is 746 g/mol. The van der Waals surface area contributed by atoms with Gasteiger partial charge in [-0.1, -0.05) is 64.1 Å². The van der Waals surface area contributed by atoms with Crippen LogP contribution in [0, 0.1) is 23.7 Å². The summed E-state index contributed by atoms with van der Waals surface area (Å²) in [5.41, 5.74) is 1.48. The number of hydrogen-bond acceptors (Lipinski definition) is 7. The van der Waals surface area contributed by atoms with Gasteiger partial charge in [-0.2, -0.15) is 4.18 Å². The maximum absolute atomic E-state index is 13.9. The summed E-state index contributed by atoms with van der Waals surface area (Å²) in [4.78, 5) is 27.4. The maximum atomic E-state index is 13.9. The standard InChI is InChI=1S/C42H68N2O7S/c1-29(2)33(24-32-20-21-36(48-12)38(25-32)49-23-17-22-47-11)26-35(44-40(46)50-41(5,6)7)37(51-52(13)42(8,9)10)27-34(30(3)4)39(45)43-28-31-18-15-14-16-19-31/h14-16,18-21,25,29-30,33-35,37H,17,22-24,26-28H2,1-13H3,(H-,43,44,45,46)/p+1/t33-,34-,35-,37-,52?/m0/s1. The molecule has 5 atom stereocenters. The first kappa shape index (κ1) is 45.2. The lowest BCUT2D eigenvalue weighted by molar-refractivity contribution is -0.127.